The zero-order valence-electron chi connectivity index (χ0n) is 8.62. The lowest BCUT2D eigenvalue weighted by Gasteiger charge is -2.33. The Kier molecular flexibility index (Phi) is 2.35. The van der Waals surface area contributed by atoms with Gasteiger partial charge in [-0.2, -0.15) is 0 Å². The van der Waals surface area contributed by atoms with Gasteiger partial charge in [0.1, 0.15) is 5.76 Å². The van der Waals surface area contributed by atoms with Crippen molar-refractivity contribution in [1.29, 1.82) is 0 Å². The highest BCUT2D eigenvalue weighted by molar-refractivity contribution is 5.97. The minimum Gasteiger partial charge on any atom is -0.469 e. The summed E-state index contributed by atoms with van der Waals surface area (Å²) in [6.07, 6.45) is 1.24. The van der Waals surface area contributed by atoms with E-state index < -0.39 is 6.29 Å². The molecule has 3 nitrogen and oxygen atoms in total. The van der Waals surface area contributed by atoms with Crippen LogP contribution in [0.1, 0.15) is 33.1 Å². The maximum Gasteiger partial charge on any atom is 0.197 e. The molecule has 1 aliphatic heterocycles. The summed E-state index contributed by atoms with van der Waals surface area (Å²) in [5.41, 5.74) is 0.827. The fourth-order valence-corrected chi connectivity index (χ4v) is 2.37. The van der Waals surface area contributed by atoms with Gasteiger partial charge in [0.05, 0.1) is 0 Å². The van der Waals surface area contributed by atoms with Gasteiger partial charge in [-0.1, -0.05) is 13.8 Å². The number of hydrogen-bond acceptors (Lipinski definition) is 3. The summed E-state index contributed by atoms with van der Waals surface area (Å²) in [6.45, 7) is 4.02. The van der Waals surface area contributed by atoms with E-state index in [1.165, 1.54) is 0 Å². The van der Waals surface area contributed by atoms with Crippen LogP contribution < -0.4 is 0 Å². The smallest absolute Gasteiger partial charge is 0.197 e. The normalized spacial score (nSPS) is 37.9. The number of allylic oxidation sites excluding steroid dienone is 2. The van der Waals surface area contributed by atoms with Crippen LogP contribution in [0.25, 0.3) is 0 Å². The molecule has 3 heteroatoms. The highest BCUT2D eigenvalue weighted by Crippen LogP contribution is 2.37. The van der Waals surface area contributed by atoms with E-state index in [1.807, 2.05) is 13.8 Å². The van der Waals surface area contributed by atoms with Gasteiger partial charge in [0.2, 0.25) is 0 Å². The summed E-state index contributed by atoms with van der Waals surface area (Å²) in [4.78, 5) is 11.7. The van der Waals surface area contributed by atoms with E-state index in [2.05, 4.69) is 0 Å². The molecule has 1 N–H and O–H groups in total. The summed E-state index contributed by atoms with van der Waals surface area (Å²) in [7, 11) is 0. The van der Waals surface area contributed by atoms with E-state index >= 15 is 0 Å². The van der Waals surface area contributed by atoms with Crippen LogP contribution in [-0.4, -0.2) is 17.2 Å². The largest absolute Gasteiger partial charge is 0.469 e. The molecule has 0 saturated carbocycles. The molecule has 3 atom stereocenters. The summed E-state index contributed by atoms with van der Waals surface area (Å²) >= 11 is 0. The third-order valence-electron chi connectivity index (χ3n) is 2.99. The van der Waals surface area contributed by atoms with Gasteiger partial charge < -0.3 is 9.84 Å². The van der Waals surface area contributed by atoms with E-state index in [1.54, 1.807) is 0 Å². The SMILES string of the molecule is CC1CC(=O)C2=C(C1)OC(O)CC2C. The summed E-state index contributed by atoms with van der Waals surface area (Å²) in [6, 6.07) is 0. The van der Waals surface area contributed by atoms with E-state index in [-0.39, 0.29) is 11.7 Å². The van der Waals surface area contributed by atoms with Crippen molar-refractivity contribution in [3.63, 3.8) is 0 Å². The number of ether oxygens (including phenoxy) is 1. The Labute approximate surface area is 83.8 Å². The first-order chi connectivity index (χ1) is 6.58. The number of aliphatic hydroxyl groups excluding tert-OH is 1. The molecule has 3 unspecified atom stereocenters. The molecule has 0 amide bonds. The summed E-state index contributed by atoms with van der Waals surface area (Å²) in [5.74, 6) is 1.44. The molecule has 0 spiro atoms. The quantitative estimate of drug-likeness (QED) is 0.640. The minimum absolute atomic E-state index is 0.147. The van der Waals surface area contributed by atoms with Gasteiger partial charge in [0.15, 0.2) is 12.1 Å². The average molecular weight is 196 g/mol. The molecule has 78 valence electrons. The molecule has 2 aliphatic rings. The molecular weight excluding hydrogens is 180 g/mol. The predicted molar refractivity (Wildman–Crippen MR) is 51.3 cm³/mol. The molecule has 0 aromatic rings. The van der Waals surface area contributed by atoms with Crippen LogP contribution in [0.15, 0.2) is 11.3 Å². The van der Waals surface area contributed by atoms with E-state index in [0.717, 1.165) is 17.8 Å². The van der Waals surface area contributed by atoms with E-state index in [0.29, 0.717) is 18.8 Å². The van der Waals surface area contributed by atoms with Crippen molar-refractivity contribution in [3.8, 4) is 0 Å². The van der Waals surface area contributed by atoms with Gasteiger partial charge in [-0.25, -0.2) is 0 Å². The van der Waals surface area contributed by atoms with Crippen molar-refractivity contribution in [2.75, 3.05) is 0 Å². The average Bonchev–Trinajstić information content (AvgIpc) is 1.99. The Balaban J connectivity index is 2.32. The fraction of sp³-hybridized carbons (Fsp3) is 0.727. The van der Waals surface area contributed by atoms with Crippen molar-refractivity contribution in [2.24, 2.45) is 11.8 Å². The van der Waals surface area contributed by atoms with Gasteiger partial charge in [-0.05, 0) is 11.8 Å². The predicted octanol–water partition coefficient (Wildman–Crippen LogP) is 1.61. The molecular formula is C11H16O3. The van der Waals surface area contributed by atoms with Crippen molar-refractivity contribution in [2.45, 2.75) is 39.4 Å². The van der Waals surface area contributed by atoms with E-state index in [4.69, 9.17) is 4.74 Å². The number of carbonyl (C=O) groups is 1. The zero-order chi connectivity index (χ0) is 10.3. The Morgan fingerprint density at radius 1 is 1.36 bits per heavy atom. The number of hydrogen-bond donors (Lipinski definition) is 1. The molecule has 0 radical (unpaired) electrons. The molecule has 1 heterocycles. The molecule has 0 aromatic heterocycles. The molecule has 0 saturated heterocycles. The lowest BCUT2D eigenvalue weighted by Crippen LogP contribution is -2.31. The molecule has 0 fully saturated rings. The third kappa shape index (κ3) is 1.57. The molecule has 2 rings (SSSR count). The summed E-state index contributed by atoms with van der Waals surface area (Å²) < 4.78 is 5.32. The lowest BCUT2D eigenvalue weighted by molar-refractivity contribution is -0.124. The van der Waals surface area contributed by atoms with Gasteiger partial charge >= 0.3 is 0 Å². The van der Waals surface area contributed by atoms with Gasteiger partial charge in [0, 0.05) is 24.8 Å². The maximum atomic E-state index is 11.7. The Morgan fingerprint density at radius 3 is 2.79 bits per heavy atom. The van der Waals surface area contributed by atoms with Gasteiger partial charge in [-0.3, -0.25) is 4.79 Å². The zero-order valence-corrected chi connectivity index (χ0v) is 8.62. The summed E-state index contributed by atoms with van der Waals surface area (Å²) in [5, 5.41) is 9.42. The van der Waals surface area contributed by atoms with Crippen LogP contribution in [-0.2, 0) is 9.53 Å². The number of carbonyl (C=O) groups excluding carboxylic acids is 1. The third-order valence-corrected chi connectivity index (χ3v) is 2.99. The number of Topliss-reactive ketones (excluding diaryl/α,β-unsaturated/α-hetero) is 1. The second kappa shape index (κ2) is 3.39. The Morgan fingerprint density at radius 2 is 2.07 bits per heavy atom. The Hall–Kier alpha value is -0.830. The van der Waals surface area contributed by atoms with Crippen LogP contribution in [0, 0.1) is 11.8 Å². The topological polar surface area (TPSA) is 46.5 Å². The molecule has 0 bridgehead atoms. The first kappa shape index (κ1) is 9.71. The number of rotatable bonds is 0. The van der Waals surface area contributed by atoms with E-state index in [9.17, 15) is 9.90 Å². The lowest BCUT2D eigenvalue weighted by atomic mass is 9.80. The number of ketones is 1. The highest BCUT2D eigenvalue weighted by atomic mass is 16.6. The van der Waals surface area contributed by atoms with Crippen molar-refractivity contribution in [1.82, 2.24) is 0 Å². The van der Waals surface area contributed by atoms with Gasteiger partial charge in [0.25, 0.3) is 0 Å². The number of aliphatic hydroxyl groups is 1. The maximum absolute atomic E-state index is 11.7. The van der Waals surface area contributed by atoms with Crippen LogP contribution in [0.3, 0.4) is 0 Å². The van der Waals surface area contributed by atoms with Crippen LogP contribution >= 0.6 is 0 Å². The first-order valence-electron chi connectivity index (χ1n) is 5.19. The first-order valence-corrected chi connectivity index (χ1v) is 5.19. The molecule has 1 aliphatic carbocycles. The minimum atomic E-state index is -0.721. The van der Waals surface area contributed by atoms with Crippen LogP contribution in [0.2, 0.25) is 0 Å². The highest BCUT2D eigenvalue weighted by Gasteiger charge is 2.35. The monoisotopic (exact) mass is 196 g/mol. The van der Waals surface area contributed by atoms with Crippen LogP contribution in [0.4, 0.5) is 0 Å². The van der Waals surface area contributed by atoms with Crippen molar-refractivity contribution < 1.29 is 14.6 Å². The van der Waals surface area contributed by atoms with Crippen molar-refractivity contribution >= 4 is 5.78 Å². The van der Waals surface area contributed by atoms with Gasteiger partial charge in [-0.15, -0.1) is 0 Å². The Bertz CT molecular complexity index is 289. The van der Waals surface area contributed by atoms with Crippen molar-refractivity contribution in [3.05, 3.63) is 11.3 Å². The second-order valence-electron chi connectivity index (χ2n) is 4.48. The molecule has 0 aromatic carbocycles. The molecule has 14 heavy (non-hydrogen) atoms. The standard InChI is InChI=1S/C11H16O3/c1-6-3-8(12)11-7(2)5-10(13)14-9(11)4-6/h6-7,10,13H,3-5H2,1-2H3. The fourth-order valence-electron chi connectivity index (χ4n) is 2.37. The van der Waals surface area contributed by atoms with Crippen LogP contribution in [0.5, 0.6) is 0 Å². The second-order valence-corrected chi connectivity index (χ2v) is 4.48.